The average molecular weight is 289 g/mol. The predicted octanol–water partition coefficient (Wildman–Crippen LogP) is 3.69. The van der Waals surface area contributed by atoms with Crippen molar-refractivity contribution in [2.45, 2.75) is 25.5 Å². The Labute approximate surface area is 124 Å². The minimum absolute atomic E-state index is 0.169. The van der Waals surface area contributed by atoms with Gasteiger partial charge < -0.3 is 15.2 Å². The molecule has 3 nitrogen and oxygen atoms in total. The van der Waals surface area contributed by atoms with Crippen LogP contribution in [0.2, 0.25) is 0 Å². The number of benzene rings is 2. The molecule has 0 spiro atoms. The minimum atomic E-state index is -0.316. The third-order valence-corrected chi connectivity index (χ3v) is 3.38. The lowest BCUT2D eigenvalue weighted by Gasteiger charge is -2.25. The van der Waals surface area contributed by atoms with Gasteiger partial charge in [0, 0.05) is 6.04 Å². The summed E-state index contributed by atoms with van der Waals surface area (Å²) < 4.78 is 24.2. The summed E-state index contributed by atoms with van der Waals surface area (Å²) in [6.07, 6.45) is 0.446. The Hall–Kier alpha value is -2.07. The highest BCUT2D eigenvalue weighted by Crippen LogP contribution is 2.27. The molecule has 2 atom stereocenters. The van der Waals surface area contributed by atoms with Crippen LogP contribution in [0.5, 0.6) is 11.5 Å². The molecular formula is C17H20FNO2. The minimum Gasteiger partial charge on any atom is -0.497 e. The molecule has 4 heteroatoms. The van der Waals surface area contributed by atoms with Crippen molar-refractivity contribution in [1.82, 2.24) is 0 Å². The van der Waals surface area contributed by atoms with Crippen LogP contribution in [0.25, 0.3) is 0 Å². The van der Waals surface area contributed by atoms with Crippen molar-refractivity contribution in [3.63, 3.8) is 0 Å². The molecule has 0 saturated carbocycles. The topological polar surface area (TPSA) is 44.5 Å². The molecule has 0 amide bonds. The molecule has 2 N–H and O–H groups in total. The predicted molar refractivity (Wildman–Crippen MR) is 81.0 cm³/mol. The SMILES string of the molecule is CCC(N)C(Oc1ccc(OC)cc1)c1ccc(F)cc1. The molecule has 112 valence electrons. The van der Waals surface area contributed by atoms with Crippen LogP contribution >= 0.6 is 0 Å². The van der Waals surface area contributed by atoms with E-state index >= 15 is 0 Å². The van der Waals surface area contributed by atoms with E-state index in [0.717, 1.165) is 17.7 Å². The Balaban J connectivity index is 2.21. The Bertz CT molecular complexity index is 554. The Kier molecular flexibility index (Phi) is 5.17. The van der Waals surface area contributed by atoms with E-state index < -0.39 is 0 Å². The van der Waals surface area contributed by atoms with Crippen molar-refractivity contribution in [2.24, 2.45) is 5.73 Å². The van der Waals surface area contributed by atoms with E-state index in [1.54, 1.807) is 19.2 Å². The van der Waals surface area contributed by atoms with Crippen LogP contribution < -0.4 is 15.2 Å². The summed E-state index contributed by atoms with van der Waals surface area (Å²) in [5.74, 6) is 1.20. The van der Waals surface area contributed by atoms with Crippen molar-refractivity contribution in [1.29, 1.82) is 0 Å². The number of ether oxygens (including phenoxy) is 2. The van der Waals surface area contributed by atoms with Gasteiger partial charge in [-0.3, -0.25) is 0 Å². The van der Waals surface area contributed by atoms with E-state index in [9.17, 15) is 4.39 Å². The third-order valence-electron chi connectivity index (χ3n) is 3.38. The van der Waals surface area contributed by atoms with Crippen LogP contribution in [0.1, 0.15) is 25.0 Å². The Morgan fingerprint density at radius 2 is 1.57 bits per heavy atom. The fourth-order valence-electron chi connectivity index (χ4n) is 2.07. The molecule has 0 aliphatic heterocycles. The molecule has 0 bridgehead atoms. The Morgan fingerprint density at radius 3 is 2.10 bits per heavy atom. The van der Waals surface area contributed by atoms with Gasteiger partial charge in [-0.1, -0.05) is 19.1 Å². The fourth-order valence-corrected chi connectivity index (χ4v) is 2.07. The summed E-state index contributed by atoms with van der Waals surface area (Å²) in [6, 6.07) is 13.4. The standard InChI is InChI=1S/C17H20FNO2/c1-3-16(19)17(12-4-6-13(18)7-5-12)21-15-10-8-14(20-2)9-11-15/h4-11,16-17H,3,19H2,1-2H3. The normalized spacial score (nSPS) is 13.5. The molecule has 0 aliphatic carbocycles. The summed E-state index contributed by atoms with van der Waals surface area (Å²) in [5, 5.41) is 0. The quantitative estimate of drug-likeness (QED) is 0.882. The number of hydrogen-bond donors (Lipinski definition) is 1. The van der Waals surface area contributed by atoms with Crippen LogP contribution in [-0.2, 0) is 0 Å². The summed E-state index contributed by atoms with van der Waals surface area (Å²) >= 11 is 0. The zero-order valence-corrected chi connectivity index (χ0v) is 12.3. The number of methoxy groups -OCH3 is 1. The molecule has 2 aromatic carbocycles. The van der Waals surface area contributed by atoms with E-state index in [4.69, 9.17) is 15.2 Å². The monoisotopic (exact) mass is 289 g/mol. The average Bonchev–Trinajstić information content (AvgIpc) is 2.53. The van der Waals surface area contributed by atoms with Gasteiger partial charge in [0.05, 0.1) is 7.11 Å². The van der Waals surface area contributed by atoms with Crippen LogP contribution in [0, 0.1) is 5.82 Å². The molecule has 0 aliphatic rings. The number of nitrogens with two attached hydrogens (primary N) is 1. The Morgan fingerprint density at radius 1 is 1.00 bits per heavy atom. The second-order valence-corrected chi connectivity index (χ2v) is 4.84. The fraction of sp³-hybridized carbons (Fsp3) is 0.294. The first-order valence-electron chi connectivity index (χ1n) is 6.95. The zero-order chi connectivity index (χ0) is 15.2. The van der Waals surface area contributed by atoms with Crippen molar-refractivity contribution >= 4 is 0 Å². The summed E-state index contributed by atoms with van der Waals surface area (Å²) in [4.78, 5) is 0. The van der Waals surface area contributed by atoms with Gasteiger partial charge in [0.1, 0.15) is 23.4 Å². The summed E-state index contributed by atoms with van der Waals surface area (Å²) in [7, 11) is 1.62. The van der Waals surface area contributed by atoms with E-state index in [1.807, 2.05) is 31.2 Å². The molecule has 0 aromatic heterocycles. The largest absolute Gasteiger partial charge is 0.497 e. The molecule has 2 rings (SSSR count). The molecule has 0 fully saturated rings. The smallest absolute Gasteiger partial charge is 0.139 e. The number of halogens is 1. The lowest BCUT2D eigenvalue weighted by atomic mass is 10.0. The molecular weight excluding hydrogens is 269 g/mol. The molecule has 0 radical (unpaired) electrons. The lowest BCUT2D eigenvalue weighted by molar-refractivity contribution is 0.171. The molecule has 2 unspecified atom stereocenters. The highest BCUT2D eigenvalue weighted by molar-refractivity contribution is 5.32. The first-order chi connectivity index (χ1) is 10.1. The van der Waals surface area contributed by atoms with E-state index in [1.165, 1.54) is 12.1 Å². The first-order valence-corrected chi connectivity index (χ1v) is 6.95. The van der Waals surface area contributed by atoms with Crippen LogP contribution in [0.4, 0.5) is 4.39 Å². The van der Waals surface area contributed by atoms with Crippen LogP contribution in [0.3, 0.4) is 0 Å². The van der Waals surface area contributed by atoms with E-state index in [-0.39, 0.29) is 18.0 Å². The lowest BCUT2D eigenvalue weighted by Crippen LogP contribution is -2.31. The maximum atomic E-state index is 13.1. The highest BCUT2D eigenvalue weighted by atomic mass is 19.1. The van der Waals surface area contributed by atoms with Gasteiger partial charge >= 0.3 is 0 Å². The first kappa shape index (κ1) is 15.3. The van der Waals surface area contributed by atoms with Gasteiger partial charge in [0.2, 0.25) is 0 Å². The second-order valence-electron chi connectivity index (χ2n) is 4.84. The van der Waals surface area contributed by atoms with Gasteiger partial charge in [0.25, 0.3) is 0 Å². The maximum absolute atomic E-state index is 13.1. The molecule has 2 aromatic rings. The van der Waals surface area contributed by atoms with Crippen molar-refractivity contribution in [3.05, 3.63) is 59.9 Å². The number of rotatable bonds is 6. The van der Waals surface area contributed by atoms with Gasteiger partial charge in [-0.25, -0.2) is 4.39 Å². The zero-order valence-electron chi connectivity index (χ0n) is 12.3. The second kappa shape index (κ2) is 7.09. The molecule has 0 saturated heterocycles. The van der Waals surface area contributed by atoms with Gasteiger partial charge in [-0.05, 0) is 48.4 Å². The molecule has 21 heavy (non-hydrogen) atoms. The maximum Gasteiger partial charge on any atom is 0.139 e. The van der Waals surface area contributed by atoms with Gasteiger partial charge in [0.15, 0.2) is 0 Å². The molecule has 0 heterocycles. The van der Waals surface area contributed by atoms with Gasteiger partial charge in [-0.2, -0.15) is 0 Å². The van der Waals surface area contributed by atoms with Crippen molar-refractivity contribution in [2.75, 3.05) is 7.11 Å². The van der Waals surface area contributed by atoms with Crippen LogP contribution in [-0.4, -0.2) is 13.2 Å². The van der Waals surface area contributed by atoms with E-state index in [0.29, 0.717) is 5.75 Å². The van der Waals surface area contributed by atoms with Gasteiger partial charge in [-0.15, -0.1) is 0 Å². The summed E-state index contributed by atoms with van der Waals surface area (Å²) in [5.41, 5.74) is 7.01. The third kappa shape index (κ3) is 3.95. The summed E-state index contributed by atoms with van der Waals surface area (Å²) in [6.45, 7) is 2.00. The number of hydrogen-bond acceptors (Lipinski definition) is 3. The van der Waals surface area contributed by atoms with Crippen LogP contribution in [0.15, 0.2) is 48.5 Å². The van der Waals surface area contributed by atoms with E-state index in [2.05, 4.69) is 0 Å². The van der Waals surface area contributed by atoms with Crippen molar-refractivity contribution in [3.8, 4) is 11.5 Å². The van der Waals surface area contributed by atoms with Crippen molar-refractivity contribution < 1.29 is 13.9 Å². The highest BCUT2D eigenvalue weighted by Gasteiger charge is 2.20.